The lowest BCUT2D eigenvalue weighted by atomic mass is 10.2. The zero-order chi connectivity index (χ0) is 13.7. The Balaban J connectivity index is 1.92. The van der Waals surface area contributed by atoms with Crippen molar-refractivity contribution in [2.24, 2.45) is 0 Å². The number of carbonyl (C=O) groups is 1. The number of nitrogens with zero attached hydrogens (tertiary/aromatic N) is 1. The SMILES string of the molecule is COc1ccc(NC(C)C(=O)Nc2nccs2)cc1. The molecule has 2 rings (SSSR count). The number of aromatic nitrogens is 1. The van der Waals surface area contributed by atoms with Gasteiger partial charge in [0.05, 0.1) is 7.11 Å². The third-order valence-electron chi connectivity index (χ3n) is 2.53. The molecule has 5 nitrogen and oxygen atoms in total. The number of carbonyl (C=O) groups excluding carboxylic acids is 1. The normalized spacial score (nSPS) is 11.7. The minimum absolute atomic E-state index is 0.120. The molecule has 1 heterocycles. The van der Waals surface area contributed by atoms with Crippen molar-refractivity contribution in [3.63, 3.8) is 0 Å². The largest absolute Gasteiger partial charge is 0.497 e. The summed E-state index contributed by atoms with van der Waals surface area (Å²) in [5, 5.41) is 8.28. The third-order valence-corrected chi connectivity index (χ3v) is 3.22. The lowest BCUT2D eigenvalue weighted by molar-refractivity contribution is -0.116. The average Bonchev–Trinajstić information content (AvgIpc) is 2.92. The molecular formula is C13H15N3O2S. The highest BCUT2D eigenvalue weighted by molar-refractivity contribution is 7.13. The minimum Gasteiger partial charge on any atom is -0.497 e. The summed E-state index contributed by atoms with van der Waals surface area (Å²) in [6.07, 6.45) is 1.65. The quantitative estimate of drug-likeness (QED) is 0.881. The number of hydrogen-bond donors (Lipinski definition) is 2. The van der Waals surface area contributed by atoms with Crippen LogP contribution in [-0.4, -0.2) is 24.0 Å². The van der Waals surface area contributed by atoms with Crippen LogP contribution in [0.3, 0.4) is 0 Å². The molecule has 1 aromatic heterocycles. The van der Waals surface area contributed by atoms with Gasteiger partial charge in [-0.25, -0.2) is 4.98 Å². The number of hydrogen-bond acceptors (Lipinski definition) is 5. The van der Waals surface area contributed by atoms with E-state index in [0.29, 0.717) is 5.13 Å². The van der Waals surface area contributed by atoms with E-state index in [4.69, 9.17) is 4.74 Å². The van der Waals surface area contributed by atoms with E-state index in [0.717, 1.165) is 11.4 Å². The van der Waals surface area contributed by atoms with E-state index in [1.165, 1.54) is 11.3 Å². The van der Waals surface area contributed by atoms with Crippen LogP contribution >= 0.6 is 11.3 Å². The fourth-order valence-electron chi connectivity index (χ4n) is 1.50. The Bertz CT molecular complexity index is 525. The molecule has 1 atom stereocenters. The van der Waals surface area contributed by atoms with Gasteiger partial charge in [-0.05, 0) is 31.2 Å². The van der Waals surface area contributed by atoms with Gasteiger partial charge in [0.25, 0.3) is 0 Å². The number of nitrogens with one attached hydrogen (secondary N) is 2. The third kappa shape index (κ3) is 3.69. The maximum atomic E-state index is 11.9. The van der Waals surface area contributed by atoms with Crippen LogP contribution in [0.5, 0.6) is 5.75 Å². The van der Waals surface area contributed by atoms with Gasteiger partial charge in [-0.15, -0.1) is 11.3 Å². The van der Waals surface area contributed by atoms with Crippen molar-refractivity contribution in [3.8, 4) is 5.75 Å². The molecule has 2 N–H and O–H groups in total. The Kier molecular flexibility index (Phi) is 4.35. The van der Waals surface area contributed by atoms with Gasteiger partial charge in [0.2, 0.25) is 5.91 Å². The fourth-order valence-corrected chi connectivity index (χ4v) is 2.03. The molecule has 0 aliphatic heterocycles. The van der Waals surface area contributed by atoms with Crippen molar-refractivity contribution in [2.45, 2.75) is 13.0 Å². The van der Waals surface area contributed by atoms with Gasteiger partial charge in [0.15, 0.2) is 5.13 Å². The first kappa shape index (κ1) is 13.4. The van der Waals surface area contributed by atoms with Gasteiger partial charge < -0.3 is 15.4 Å². The van der Waals surface area contributed by atoms with Crippen LogP contribution in [0.4, 0.5) is 10.8 Å². The molecule has 2 aromatic rings. The Labute approximate surface area is 115 Å². The summed E-state index contributed by atoms with van der Waals surface area (Å²) in [6, 6.07) is 7.07. The Morgan fingerprint density at radius 2 is 2.11 bits per heavy atom. The standard InChI is InChI=1S/C13H15N3O2S/c1-9(12(17)16-13-14-7-8-19-13)15-10-3-5-11(18-2)6-4-10/h3-9,15H,1-2H3,(H,14,16,17). The van der Waals surface area contributed by atoms with E-state index in [1.807, 2.05) is 29.6 Å². The number of ether oxygens (including phenoxy) is 1. The van der Waals surface area contributed by atoms with Crippen molar-refractivity contribution in [1.82, 2.24) is 4.98 Å². The van der Waals surface area contributed by atoms with Gasteiger partial charge >= 0.3 is 0 Å². The molecule has 0 aliphatic rings. The van der Waals surface area contributed by atoms with Crippen LogP contribution in [0.15, 0.2) is 35.8 Å². The molecule has 6 heteroatoms. The molecule has 1 unspecified atom stereocenters. The average molecular weight is 277 g/mol. The number of anilines is 2. The van der Waals surface area contributed by atoms with Crippen molar-refractivity contribution in [2.75, 3.05) is 17.7 Å². The molecule has 1 aromatic carbocycles. The van der Waals surface area contributed by atoms with E-state index < -0.39 is 0 Å². The zero-order valence-electron chi connectivity index (χ0n) is 10.7. The molecule has 0 radical (unpaired) electrons. The summed E-state index contributed by atoms with van der Waals surface area (Å²) in [6.45, 7) is 1.80. The van der Waals surface area contributed by atoms with Crippen molar-refractivity contribution < 1.29 is 9.53 Å². The van der Waals surface area contributed by atoms with E-state index in [-0.39, 0.29) is 11.9 Å². The van der Waals surface area contributed by atoms with Crippen molar-refractivity contribution in [1.29, 1.82) is 0 Å². The Hall–Kier alpha value is -2.08. The predicted molar refractivity (Wildman–Crippen MR) is 76.8 cm³/mol. The number of benzene rings is 1. The van der Waals surface area contributed by atoms with Crippen LogP contribution in [0.2, 0.25) is 0 Å². The molecule has 0 aliphatic carbocycles. The first-order valence-corrected chi connectivity index (χ1v) is 6.68. The van der Waals surface area contributed by atoms with Gasteiger partial charge in [-0.2, -0.15) is 0 Å². The van der Waals surface area contributed by atoms with E-state index >= 15 is 0 Å². The molecular weight excluding hydrogens is 262 g/mol. The highest BCUT2D eigenvalue weighted by Crippen LogP contribution is 2.16. The lowest BCUT2D eigenvalue weighted by Gasteiger charge is -2.14. The van der Waals surface area contributed by atoms with Crippen LogP contribution in [0.25, 0.3) is 0 Å². The van der Waals surface area contributed by atoms with Crippen LogP contribution in [0.1, 0.15) is 6.92 Å². The Morgan fingerprint density at radius 3 is 2.68 bits per heavy atom. The van der Waals surface area contributed by atoms with Crippen molar-refractivity contribution >= 4 is 28.1 Å². The van der Waals surface area contributed by atoms with Crippen molar-refractivity contribution in [3.05, 3.63) is 35.8 Å². The molecule has 0 fully saturated rings. The molecule has 1 amide bonds. The summed E-state index contributed by atoms with van der Waals surface area (Å²) in [5.74, 6) is 0.663. The number of thiazole rings is 1. The van der Waals surface area contributed by atoms with Gasteiger partial charge in [0.1, 0.15) is 11.8 Å². The maximum Gasteiger partial charge on any atom is 0.248 e. The monoisotopic (exact) mass is 277 g/mol. The first-order valence-electron chi connectivity index (χ1n) is 5.80. The lowest BCUT2D eigenvalue weighted by Crippen LogP contribution is -2.31. The van der Waals surface area contributed by atoms with E-state index in [2.05, 4.69) is 15.6 Å². The maximum absolute atomic E-state index is 11.9. The highest BCUT2D eigenvalue weighted by atomic mass is 32.1. The number of amides is 1. The Morgan fingerprint density at radius 1 is 1.37 bits per heavy atom. The first-order chi connectivity index (χ1) is 9.19. The molecule has 0 spiro atoms. The highest BCUT2D eigenvalue weighted by Gasteiger charge is 2.13. The summed E-state index contributed by atoms with van der Waals surface area (Å²) in [5.41, 5.74) is 0.864. The second-order valence-corrected chi connectivity index (χ2v) is 4.82. The molecule has 0 saturated carbocycles. The van der Waals surface area contributed by atoms with Crippen LogP contribution in [-0.2, 0) is 4.79 Å². The van der Waals surface area contributed by atoms with Crippen LogP contribution in [0, 0.1) is 0 Å². The fraction of sp³-hybridized carbons (Fsp3) is 0.231. The molecule has 0 saturated heterocycles. The number of methoxy groups -OCH3 is 1. The molecule has 0 bridgehead atoms. The van der Waals surface area contributed by atoms with E-state index in [9.17, 15) is 4.79 Å². The summed E-state index contributed by atoms with van der Waals surface area (Å²) >= 11 is 1.39. The van der Waals surface area contributed by atoms with Gasteiger partial charge in [-0.1, -0.05) is 0 Å². The summed E-state index contributed by atoms with van der Waals surface area (Å²) in [7, 11) is 1.62. The number of rotatable bonds is 5. The van der Waals surface area contributed by atoms with Crippen LogP contribution < -0.4 is 15.4 Å². The topological polar surface area (TPSA) is 63.2 Å². The minimum atomic E-state index is -0.350. The molecule has 100 valence electrons. The second kappa shape index (κ2) is 6.19. The smallest absolute Gasteiger partial charge is 0.248 e. The molecule has 19 heavy (non-hydrogen) atoms. The summed E-state index contributed by atoms with van der Waals surface area (Å²) < 4.78 is 5.08. The summed E-state index contributed by atoms with van der Waals surface area (Å²) in [4.78, 5) is 15.9. The van der Waals surface area contributed by atoms with Gasteiger partial charge in [-0.3, -0.25) is 4.79 Å². The van der Waals surface area contributed by atoms with E-state index in [1.54, 1.807) is 20.2 Å². The van der Waals surface area contributed by atoms with Gasteiger partial charge in [0, 0.05) is 17.3 Å². The second-order valence-electron chi connectivity index (χ2n) is 3.92. The predicted octanol–water partition coefficient (Wildman–Crippen LogP) is 2.59. The zero-order valence-corrected chi connectivity index (χ0v) is 11.5.